The van der Waals surface area contributed by atoms with Crippen LogP contribution in [0.3, 0.4) is 0 Å². The minimum Gasteiger partial charge on any atom is -0.463 e. The average Bonchev–Trinajstić information content (AvgIpc) is 2.79. The van der Waals surface area contributed by atoms with Gasteiger partial charge in [-0.15, -0.1) is 0 Å². The van der Waals surface area contributed by atoms with Crippen LogP contribution in [0.2, 0.25) is 0 Å². The fourth-order valence-electron chi connectivity index (χ4n) is 3.75. The maximum Gasteiger partial charge on any atom is 0.338 e. The van der Waals surface area contributed by atoms with Gasteiger partial charge in [-0.05, 0) is 69.6 Å². The molecule has 0 heterocycles. The van der Waals surface area contributed by atoms with Crippen LogP contribution in [0.4, 0.5) is 0 Å². The van der Waals surface area contributed by atoms with Crippen LogP contribution in [0.15, 0.2) is 24.3 Å². The molecule has 0 radical (unpaired) electrons. The smallest absolute Gasteiger partial charge is 0.338 e. The van der Waals surface area contributed by atoms with Crippen molar-refractivity contribution in [1.29, 1.82) is 0 Å². The van der Waals surface area contributed by atoms with Gasteiger partial charge in [-0.1, -0.05) is 44.7 Å². The third-order valence-corrected chi connectivity index (χ3v) is 7.05. The van der Waals surface area contributed by atoms with Gasteiger partial charge < -0.3 is 9.47 Å². The number of unbranched alkanes of at least 4 members (excludes halogenated alkanes) is 5. The van der Waals surface area contributed by atoms with E-state index in [1.807, 2.05) is 12.1 Å². The maximum atomic E-state index is 12.3. The molecule has 0 saturated heterocycles. The van der Waals surface area contributed by atoms with Gasteiger partial charge in [-0.2, -0.15) is 0 Å². The molecule has 1 aromatic carbocycles. The molecule has 0 aromatic heterocycles. The lowest BCUT2D eigenvalue weighted by Gasteiger charge is -2.17. The van der Waals surface area contributed by atoms with Crippen molar-refractivity contribution in [3.8, 4) is 0 Å². The predicted molar refractivity (Wildman–Crippen MR) is 135 cm³/mol. The number of rotatable bonds is 19. The number of ether oxygens (including phenoxy) is 2. The number of nitrogens with one attached hydrogen (secondary N) is 1. The third kappa shape index (κ3) is 14.4. The second-order valence-electron chi connectivity index (χ2n) is 8.66. The van der Waals surface area contributed by atoms with E-state index in [4.69, 9.17) is 9.47 Å². The highest BCUT2D eigenvalue weighted by Gasteiger charge is 2.14. The van der Waals surface area contributed by atoms with Gasteiger partial charge in [0.1, 0.15) is 6.10 Å². The van der Waals surface area contributed by atoms with E-state index >= 15 is 0 Å². The molecule has 1 aromatic rings. The first kappa shape index (κ1) is 30.1. The molecule has 0 aliphatic carbocycles. The predicted octanol–water partition coefficient (Wildman–Crippen LogP) is 5.18. The first-order chi connectivity index (χ1) is 16.3. The summed E-state index contributed by atoms with van der Waals surface area (Å²) in [7, 11) is -3.33. The van der Waals surface area contributed by atoms with Crippen LogP contribution in [0.1, 0.15) is 101 Å². The lowest BCUT2D eigenvalue weighted by Crippen LogP contribution is -2.27. The van der Waals surface area contributed by atoms with Crippen molar-refractivity contribution in [2.24, 2.45) is 0 Å². The molecule has 1 N–H and O–H groups in total. The van der Waals surface area contributed by atoms with E-state index in [0.717, 1.165) is 24.8 Å². The van der Waals surface area contributed by atoms with E-state index in [1.54, 1.807) is 19.1 Å². The Kier molecular flexibility index (Phi) is 15.5. The monoisotopic (exact) mass is 497 g/mol. The molecule has 0 saturated carbocycles. The normalized spacial score (nSPS) is 12.3. The average molecular weight is 498 g/mol. The van der Waals surface area contributed by atoms with Crippen molar-refractivity contribution >= 4 is 22.0 Å². The van der Waals surface area contributed by atoms with E-state index in [-0.39, 0.29) is 23.8 Å². The van der Waals surface area contributed by atoms with Crippen LogP contribution in [0, 0.1) is 0 Å². The third-order valence-electron chi connectivity index (χ3n) is 5.58. The highest BCUT2D eigenvalue weighted by Crippen LogP contribution is 2.15. The Morgan fingerprint density at radius 1 is 0.912 bits per heavy atom. The fraction of sp³-hybridized carbons (Fsp3) is 0.692. The van der Waals surface area contributed by atoms with Gasteiger partial charge in [0.15, 0.2) is 0 Å². The Balaban J connectivity index is 2.26. The second kappa shape index (κ2) is 17.5. The van der Waals surface area contributed by atoms with Gasteiger partial charge in [0.05, 0.1) is 17.9 Å². The molecule has 1 atom stereocenters. The molecule has 0 bridgehead atoms. The van der Waals surface area contributed by atoms with Crippen LogP contribution in [-0.2, 0) is 30.7 Å². The van der Waals surface area contributed by atoms with E-state index in [1.165, 1.54) is 26.2 Å². The minimum absolute atomic E-state index is 0.0739. The van der Waals surface area contributed by atoms with E-state index < -0.39 is 10.0 Å². The number of carbonyl (C=O) groups excluding carboxylic acids is 2. The number of benzene rings is 1. The number of aryl methyl sites for hydroxylation is 1. The number of hydrogen-bond donors (Lipinski definition) is 1. The zero-order chi connectivity index (χ0) is 25.2. The molecular weight excluding hydrogens is 454 g/mol. The summed E-state index contributed by atoms with van der Waals surface area (Å²) in [5, 5.41) is 0. The topological polar surface area (TPSA) is 98.8 Å². The number of carbonyl (C=O) groups is 2. The van der Waals surface area contributed by atoms with Crippen LogP contribution < -0.4 is 4.72 Å². The molecule has 0 aliphatic heterocycles. The van der Waals surface area contributed by atoms with Crippen LogP contribution in [0.25, 0.3) is 0 Å². The molecule has 0 fully saturated rings. The van der Waals surface area contributed by atoms with Crippen molar-refractivity contribution in [2.45, 2.75) is 97.5 Å². The lowest BCUT2D eigenvalue weighted by atomic mass is 10.0. The summed E-state index contributed by atoms with van der Waals surface area (Å²) in [5.74, 6) is -0.541. The summed E-state index contributed by atoms with van der Waals surface area (Å²) in [5.41, 5.74) is 1.55. The summed E-state index contributed by atoms with van der Waals surface area (Å²) >= 11 is 0. The highest BCUT2D eigenvalue weighted by atomic mass is 32.2. The van der Waals surface area contributed by atoms with E-state index in [0.29, 0.717) is 50.8 Å². The quantitative estimate of drug-likeness (QED) is 0.209. The van der Waals surface area contributed by atoms with E-state index in [2.05, 4.69) is 11.6 Å². The van der Waals surface area contributed by atoms with Crippen molar-refractivity contribution in [3.63, 3.8) is 0 Å². The van der Waals surface area contributed by atoms with Crippen molar-refractivity contribution in [3.05, 3.63) is 35.4 Å². The molecule has 7 nitrogen and oxygen atoms in total. The maximum absolute atomic E-state index is 12.3. The summed E-state index contributed by atoms with van der Waals surface area (Å²) in [4.78, 5) is 23.0. The molecule has 0 amide bonds. The highest BCUT2D eigenvalue weighted by molar-refractivity contribution is 7.89. The van der Waals surface area contributed by atoms with Gasteiger partial charge in [-0.3, -0.25) is 4.79 Å². The second-order valence-corrected chi connectivity index (χ2v) is 10.6. The summed E-state index contributed by atoms with van der Waals surface area (Å²) < 4.78 is 37.6. The number of esters is 2. The SMILES string of the molecule is CCCCCCCC(CCCCS(=O)(=O)NCCCc1ccc(C(=O)OCC)cc1)OC(C)=O. The fourth-order valence-corrected chi connectivity index (χ4v) is 4.93. The molecule has 194 valence electrons. The van der Waals surface area contributed by atoms with Gasteiger partial charge >= 0.3 is 11.9 Å². The lowest BCUT2D eigenvalue weighted by molar-refractivity contribution is -0.147. The molecule has 34 heavy (non-hydrogen) atoms. The molecule has 1 rings (SSSR count). The Hall–Kier alpha value is -1.93. The standard InChI is InChI=1S/C26H43NO6S/c1-4-6-7-8-9-14-25(33-22(3)28)15-10-11-21-34(30,31)27-20-12-13-23-16-18-24(19-17-23)26(29)32-5-2/h16-19,25,27H,4-15,20-21H2,1-3H3. The van der Waals surface area contributed by atoms with Crippen LogP contribution in [-0.4, -0.2) is 45.4 Å². The Morgan fingerprint density at radius 2 is 1.56 bits per heavy atom. The summed E-state index contributed by atoms with van der Waals surface area (Å²) in [6.07, 6.45) is 9.85. The zero-order valence-corrected chi connectivity index (χ0v) is 22.0. The van der Waals surface area contributed by atoms with Crippen LogP contribution >= 0.6 is 0 Å². The van der Waals surface area contributed by atoms with Gasteiger partial charge in [0.25, 0.3) is 0 Å². The van der Waals surface area contributed by atoms with Gasteiger partial charge in [0, 0.05) is 13.5 Å². The van der Waals surface area contributed by atoms with Crippen LogP contribution in [0.5, 0.6) is 0 Å². The van der Waals surface area contributed by atoms with Gasteiger partial charge in [-0.25, -0.2) is 17.9 Å². The van der Waals surface area contributed by atoms with Crippen molar-refractivity contribution in [1.82, 2.24) is 4.72 Å². The number of sulfonamides is 1. The Labute approximate surface area is 206 Å². The molecule has 0 aliphatic rings. The largest absolute Gasteiger partial charge is 0.463 e. The van der Waals surface area contributed by atoms with Crippen molar-refractivity contribution in [2.75, 3.05) is 18.9 Å². The zero-order valence-electron chi connectivity index (χ0n) is 21.1. The first-order valence-corrected chi connectivity index (χ1v) is 14.3. The molecule has 1 unspecified atom stereocenters. The Bertz CT molecular complexity index is 807. The summed E-state index contributed by atoms with van der Waals surface area (Å²) in [6, 6.07) is 7.19. The Morgan fingerprint density at radius 3 is 2.18 bits per heavy atom. The molecule has 0 spiro atoms. The van der Waals surface area contributed by atoms with E-state index in [9.17, 15) is 18.0 Å². The number of hydrogen-bond acceptors (Lipinski definition) is 6. The van der Waals surface area contributed by atoms with Gasteiger partial charge in [0.2, 0.25) is 10.0 Å². The molecular formula is C26H43NO6S. The summed E-state index contributed by atoms with van der Waals surface area (Å²) in [6.45, 7) is 6.08. The molecule has 8 heteroatoms. The minimum atomic E-state index is -3.33. The van der Waals surface area contributed by atoms with Crippen molar-refractivity contribution < 1.29 is 27.5 Å². The first-order valence-electron chi connectivity index (χ1n) is 12.7.